The smallest absolute Gasteiger partial charge is 0.236 e. The second kappa shape index (κ2) is 7.11. The minimum absolute atomic E-state index is 0.105. The molecule has 0 aromatic heterocycles. The van der Waals surface area contributed by atoms with Crippen LogP contribution in [-0.2, 0) is 4.79 Å². The van der Waals surface area contributed by atoms with Gasteiger partial charge in [-0.25, -0.2) is 0 Å². The van der Waals surface area contributed by atoms with Gasteiger partial charge >= 0.3 is 0 Å². The third kappa shape index (κ3) is 4.54. The van der Waals surface area contributed by atoms with Crippen LogP contribution in [0.1, 0.15) is 18.5 Å². The Morgan fingerprint density at radius 3 is 2.37 bits per heavy atom. The van der Waals surface area contributed by atoms with Crippen molar-refractivity contribution in [3.8, 4) is 5.75 Å². The largest absolute Gasteiger partial charge is 0.497 e. The highest BCUT2D eigenvalue weighted by atomic mass is 16.5. The topological polar surface area (TPSA) is 67.6 Å². The maximum atomic E-state index is 11.5. The van der Waals surface area contributed by atoms with Gasteiger partial charge in [-0.1, -0.05) is 12.1 Å². The molecule has 1 aromatic rings. The first-order valence-electron chi connectivity index (χ1n) is 6.29. The molecule has 3 N–H and O–H groups in total. The number of amides is 1. The molecule has 1 aromatic carbocycles. The molecule has 5 nitrogen and oxygen atoms in total. The van der Waals surface area contributed by atoms with Crippen LogP contribution in [0.3, 0.4) is 0 Å². The standard InChI is InChI=1S/C14H23N3O2/c1-10(15)14(18)16-9-13(17(2)3)11-5-7-12(19-4)8-6-11/h5-8,10,13H,9,15H2,1-4H3,(H,16,18). The first-order chi connectivity index (χ1) is 8.95. The summed E-state index contributed by atoms with van der Waals surface area (Å²) in [5.41, 5.74) is 6.65. The second-order valence-electron chi connectivity index (χ2n) is 4.79. The van der Waals surface area contributed by atoms with E-state index >= 15 is 0 Å². The number of hydrogen-bond acceptors (Lipinski definition) is 4. The Morgan fingerprint density at radius 1 is 1.37 bits per heavy atom. The number of nitrogens with two attached hydrogens (primary N) is 1. The molecule has 0 saturated heterocycles. The van der Waals surface area contributed by atoms with E-state index in [0.717, 1.165) is 11.3 Å². The lowest BCUT2D eigenvalue weighted by Gasteiger charge is -2.25. The van der Waals surface area contributed by atoms with E-state index in [2.05, 4.69) is 10.2 Å². The number of benzene rings is 1. The van der Waals surface area contributed by atoms with Crippen LogP contribution in [-0.4, -0.2) is 44.6 Å². The van der Waals surface area contributed by atoms with Crippen LogP contribution < -0.4 is 15.8 Å². The summed E-state index contributed by atoms with van der Waals surface area (Å²) in [7, 11) is 5.60. The van der Waals surface area contributed by atoms with Crippen molar-refractivity contribution in [3.05, 3.63) is 29.8 Å². The zero-order valence-electron chi connectivity index (χ0n) is 12.0. The number of nitrogens with zero attached hydrogens (tertiary/aromatic N) is 1. The highest BCUT2D eigenvalue weighted by Crippen LogP contribution is 2.20. The molecule has 0 bridgehead atoms. The quantitative estimate of drug-likeness (QED) is 0.797. The van der Waals surface area contributed by atoms with E-state index in [4.69, 9.17) is 10.5 Å². The van der Waals surface area contributed by atoms with Gasteiger partial charge in [0.2, 0.25) is 5.91 Å². The Kier molecular flexibility index (Phi) is 5.79. The van der Waals surface area contributed by atoms with Crippen LogP contribution in [0, 0.1) is 0 Å². The van der Waals surface area contributed by atoms with E-state index < -0.39 is 6.04 Å². The van der Waals surface area contributed by atoms with Gasteiger partial charge in [-0.05, 0) is 38.7 Å². The van der Waals surface area contributed by atoms with Crippen molar-refractivity contribution < 1.29 is 9.53 Å². The Morgan fingerprint density at radius 2 is 1.95 bits per heavy atom. The van der Waals surface area contributed by atoms with Gasteiger partial charge in [0.05, 0.1) is 19.2 Å². The SMILES string of the molecule is COc1ccc(C(CNC(=O)C(C)N)N(C)C)cc1. The molecule has 2 unspecified atom stereocenters. The zero-order chi connectivity index (χ0) is 14.4. The molecule has 0 saturated carbocycles. The summed E-state index contributed by atoms with van der Waals surface area (Å²) in [6.45, 7) is 2.20. The Bertz CT molecular complexity index is 402. The normalized spacial score (nSPS) is 14.0. The Labute approximate surface area is 114 Å². The van der Waals surface area contributed by atoms with Gasteiger partial charge < -0.3 is 20.7 Å². The van der Waals surface area contributed by atoms with Crippen molar-refractivity contribution in [2.45, 2.75) is 19.0 Å². The van der Waals surface area contributed by atoms with Crippen molar-refractivity contribution in [2.75, 3.05) is 27.7 Å². The van der Waals surface area contributed by atoms with E-state index in [1.165, 1.54) is 0 Å². The van der Waals surface area contributed by atoms with Crippen molar-refractivity contribution in [2.24, 2.45) is 5.73 Å². The number of nitrogens with one attached hydrogen (secondary N) is 1. The third-order valence-corrected chi connectivity index (χ3v) is 3.01. The van der Waals surface area contributed by atoms with Crippen molar-refractivity contribution >= 4 is 5.91 Å². The predicted molar refractivity (Wildman–Crippen MR) is 76.1 cm³/mol. The average molecular weight is 265 g/mol. The fourth-order valence-electron chi connectivity index (χ4n) is 1.78. The molecule has 0 heterocycles. The lowest BCUT2D eigenvalue weighted by Crippen LogP contribution is -2.42. The van der Waals surface area contributed by atoms with Crippen molar-refractivity contribution in [1.29, 1.82) is 0 Å². The lowest BCUT2D eigenvalue weighted by molar-refractivity contribution is -0.122. The monoisotopic (exact) mass is 265 g/mol. The summed E-state index contributed by atoms with van der Waals surface area (Å²) in [5.74, 6) is 0.682. The van der Waals surface area contributed by atoms with Gasteiger partial charge in [0, 0.05) is 6.54 Å². The average Bonchev–Trinajstić information content (AvgIpc) is 2.38. The van der Waals surface area contributed by atoms with E-state index in [9.17, 15) is 4.79 Å². The summed E-state index contributed by atoms with van der Waals surface area (Å²) in [6.07, 6.45) is 0. The molecule has 1 amide bonds. The molecule has 0 spiro atoms. The molecule has 1 rings (SSSR count). The summed E-state index contributed by atoms with van der Waals surface area (Å²) in [5, 5.41) is 2.85. The Hall–Kier alpha value is -1.59. The molecular formula is C14H23N3O2. The highest BCUT2D eigenvalue weighted by molar-refractivity contribution is 5.80. The number of hydrogen-bond donors (Lipinski definition) is 2. The minimum Gasteiger partial charge on any atom is -0.497 e. The van der Waals surface area contributed by atoms with E-state index in [1.807, 2.05) is 38.4 Å². The first kappa shape index (κ1) is 15.5. The summed E-state index contributed by atoms with van der Waals surface area (Å²) >= 11 is 0. The van der Waals surface area contributed by atoms with Crippen molar-refractivity contribution in [3.63, 3.8) is 0 Å². The van der Waals surface area contributed by atoms with Crippen LogP contribution in [0.4, 0.5) is 0 Å². The second-order valence-corrected chi connectivity index (χ2v) is 4.79. The number of methoxy groups -OCH3 is 1. The molecule has 0 fully saturated rings. The van der Waals surface area contributed by atoms with Gasteiger partial charge in [-0.15, -0.1) is 0 Å². The molecule has 5 heteroatoms. The van der Waals surface area contributed by atoms with Gasteiger partial charge in [0.25, 0.3) is 0 Å². The van der Waals surface area contributed by atoms with Gasteiger partial charge in [-0.3, -0.25) is 4.79 Å². The van der Waals surface area contributed by atoms with Crippen LogP contribution in [0.2, 0.25) is 0 Å². The highest BCUT2D eigenvalue weighted by Gasteiger charge is 2.16. The number of likely N-dealkylation sites (N-methyl/N-ethyl adjacent to an activating group) is 1. The van der Waals surface area contributed by atoms with E-state index in [0.29, 0.717) is 6.54 Å². The van der Waals surface area contributed by atoms with E-state index in [-0.39, 0.29) is 11.9 Å². The number of rotatable bonds is 6. The number of ether oxygens (including phenoxy) is 1. The predicted octanol–water partition coefficient (Wildman–Crippen LogP) is 0.761. The van der Waals surface area contributed by atoms with Crippen LogP contribution in [0.5, 0.6) is 5.75 Å². The summed E-state index contributed by atoms with van der Waals surface area (Å²) in [6, 6.07) is 7.45. The molecule has 2 atom stereocenters. The lowest BCUT2D eigenvalue weighted by atomic mass is 10.1. The van der Waals surface area contributed by atoms with Gasteiger partial charge in [0.15, 0.2) is 0 Å². The summed E-state index contributed by atoms with van der Waals surface area (Å²) in [4.78, 5) is 13.6. The third-order valence-electron chi connectivity index (χ3n) is 3.01. The molecule has 0 aliphatic rings. The molecule has 0 radical (unpaired) electrons. The first-order valence-corrected chi connectivity index (χ1v) is 6.29. The van der Waals surface area contributed by atoms with Crippen LogP contribution >= 0.6 is 0 Å². The van der Waals surface area contributed by atoms with Crippen LogP contribution in [0.25, 0.3) is 0 Å². The zero-order valence-corrected chi connectivity index (χ0v) is 12.0. The fraction of sp³-hybridized carbons (Fsp3) is 0.500. The maximum Gasteiger partial charge on any atom is 0.236 e. The fourth-order valence-corrected chi connectivity index (χ4v) is 1.78. The summed E-state index contributed by atoms with van der Waals surface area (Å²) < 4.78 is 5.14. The molecular weight excluding hydrogens is 242 g/mol. The number of carbonyl (C=O) groups is 1. The molecule has 106 valence electrons. The molecule has 0 aliphatic heterocycles. The van der Waals surface area contributed by atoms with Gasteiger partial charge in [0.1, 0.15) is 5.75 Å². The number of carbonyl (C=O) groups excluding carboxylic acids is 1. The van der Waals surface area contributed by atoms with E-state index in [1.54, 1.807) is 14.0 Å². The van der Waals surface area contributed by atoms with Crippen molar-refractivity contribution in [1.82, 2.24) is 10.2 Å². The van der Waals surface area contributed by atoms with Crippen LogP contribution in [0.15, 0.2) is 24.3 Å². The minimum atomic E-state index is -0.487. The maximum absolute atomic E-state index is 11.5. The molecule has 19 heavy (non-hydrogen) atoms. The molecule has 0 aliphatic carbocycles. The van der Waals surface area contributed by atoms with Gasteiger partial charge in [-0.2, -0.15) is 0 Å². The Balaban J connectivity index is 2.73.